The van der Waals surface area contributed by atoms with E-state index < -0.39 is 0 Å². The Kier molecular flexibility index (Phi) is 4.37. The molecule has 1 saturated heterocycles. The number of pyridine rings is 1. The number of hydrogen-bond acceptors (Lipinski definition) is 4. The molecule has 0 bridgehead atoms. The first-order valence-corrected chi connectivity index (χ1v) is 10.6. The largest absolute Gasteiger partial charge is 0.337 e. The highest BCUT2D eigenvalue weighted by Crippen LogP contribution is 2.53. The van der Waals surface area contributed by atoms with E-state index in [1.807, 2.05) is 35.2 Å². The summed E-state index contributed by atoms with van der Waals surface area (Å²) in [6, 6.07) is 9.72. The molecule has 2 aliphatic rings. The molecule has 1 aliphatic heterocycles. The number of carbonyl (C=O) groups excluding carboxylic acids is 1. The summed E-state index contributed by atoms with van der Waals surface area (Å²) < 4.78 is 0. The van der Waals surface area contributed by atoms with E-state index >= 15 is 0 Å². The molecule has 6 heteroatoms. The zero-order chi connectivity index (χ0) is 20.0. The summed E-state index contributed by atoms with van der Waals surface area (Å²) >= 11 is 0. The number of aromatic amines is 1. The predicted octanol–water partition coefficient (Wildman–Crippen LogP) is 4.28. The second-order valence-corrected chi connectivity index (χ2v) is 8.95. The van der Waals surface area contributed by atoms with Crippen LogP contribution in [-0.4, -0.2) is 44.1 Å². The molecule has 3 heterocycles. The maximum Gasteiger partial charge on any atom is 0.253 e. The molecule has 1 unspecified atom stereocenters. The molecule has 3 aromatic rings. The summed E-state index contributed by atoms with van der Waals surface area (Å²) in [5.74, 6) is 2.45. The number of amides is 1. The number of benzene rings is 1. The van der Waals surface area contributed by atoms with Crippen LogP contribution < -0.4 is 0 Å². The van der Waals surface area contributed by atoms with Gasteiger partial charge in [0.2, 0.25) is 0 Å². The normalized spacial score (nSPS) is 20.9. The zero-order valence-corrected chi connectivity index (χ0v) is 17.1. The maximum absolute atomic E-state index is 13.4. The molecule has 1 aliphatic carbocycles. The third-order valence-corrected chi connectivity index (χ3v) is 6.75. The standard InChI is InChI=1S/C23H27N5O/c1-15(2)20-25-21(27-26-20)18-13-28(14-23(18)9-3-4-10-23)22(29)17-7-8-19-16(12-17)6-5-11-24-19/h5-8,11-12,15,18H,3-4,9-10,13-14H2,1-2H3,(H,25,26,27). The van der Waals surface area contributed by atoms with Crippen LogP contribution in [0.1, 0.15) is 73.4 Å². The lowest BCUT2D eigenvalue weighted by Crippen LogP contribution is -2.31. The summed E-state index contributed by atoms with van der Waals surface area (Å²) in [6.45, 7) is 5.73. The molecule has 1 atom stereocenters. The predicted molar refractivity (Wildman–Crippen MR) is 112 cm³/mol. The summed E-state index contributed by atoms with van der Waals surface area (Å²) in [7, 11) is 0. The van der Waals surface area contributed by atoms with Gasteiger partial charge >= 0.3 is 0 Å². The van der Waals surface area contributed by atoms with E-state index in [1.54, 1.807) is 6.20 Å². The minimum Gasteiger partial charge on any atom is -0.337 e. The highest BCUT2D eigenvalue weighted by molar-refractivity contribution is 5.98. The van der Waals surface area contributed by atoms with Crippen molar-refractivity contribution in [2.24, 2.45) is 5.41 Å². The van der Waals surface area contributed by atoms with Crippen molar-refractivity contribution in [2.75, 3.05) is 13.1 Å². The molecule has 2 aromatic heterocycles. The van der Waals surface area contributed by atoms with Gasteiger partial charge in [0.15, 0.2) is 5.82 Å². The Hall–Kier alpha value is -2.76. The van der Waals surface area contributed by atoms with Gasteiger partial charge in [0, 0.05) is 42.1 Å². The van der Waals surface area contributed by atoms with Crippen LogP contribution in [0.5, 0.6) is 0 Å². The van der Waals surface area contributed by atoms with Crippen LogP contribution in [0.4, 0.5) is 0 Å². The average molecular weight is 390 g/mol. The summed E-state index contributed by atoms with van der Waals surface area (Å²) in [6.07, 6.45) is 6.54. The van der Waals surface area contributed by atoms with E-state index in [0.29, 0.717) is 12.5 Å². The summed E-state index contributed by atoms with van der Waals surface area (Å²) in [5.41, 5.74) is 1.78. The van der Waals surface area contributed by atoms with Crippen LogP contribution in [0.3, 0.4) is 0 Å². The van der Waals surface area contributed by atoms with Gasteiger partial charge in [-0.3, -0.25) is 14.9 Å². The number of likely N-dealkylation sites (tertiary alicyclic amines) is 1. The van der Waals surface area contributed by atoms with Gasteiger partial charge in [-0.15, -0.1) is 0 Å². The van der Waals surface area contributed by atoms with Crippen molar-refractivity contribution in [2.45, 2.75) is 51.4 Å². The van der Waals surface area contributed by atoms with Crippen molar-refractivity contribution < 1.29 is 4.79 Å². The van der Waals surface area contributed by atoms with Crippen molar-refractivity contribution in [1.82, 2.24) is 25.1 Å². The summed E-state index contributed by atoms with van der Waals surface area (Å²) in [5, 5.41) is 8.63. The Morgan fingerprint density at radius 1 is 1.24 bits per heavy atom. The Labute approximate surface area is 170 Å². The van der Waals surface area contributed by atoms with Gasteiger partial charge in [-0.1, -0.05) is 32.8 Å². The lowest BCUT2D eigenvalue weighted by Gasteiger charge is -2.28. The lowest BCUT2D eigenvalue weighted by molar-refractivity contribution is 0.0773. The number of nitrogens with one attached hydrogen (secondary N) is 1. The molecule has 6 nitrogen and oxygen atoms in total. The molecule has 1 spiro atoms. The maximum atomic E-state index is 13.4. The molecular weight excluding hydrogens is 362 g/mol. The molecule has 2 fully saturated rings. The van der Waals surface area contributed by atoms with Crippen LogP contribution in [0.25, 0.3) is 10.9 Å². The fourth-order valence-electron chi connectivity index (χ4n) is 5.18. The van der Waals surface area contributed by atoms with Crippen molar-refractivity contribution in [3.63, 3.8) is 0 Å². The van der Waals surface area contributed by atoms with E-state index in [-0.39, 0.29) is 17.2 Å². The number of H-pyrrole nitrogens is 1. The third-order valence-electron chi connectivity index (χ3n) is 6.75. The van der Waals surface area contributed by atoms with Gasteiger partial charge in [-0.25, -0.2) is 4.98 Å². The first-order valence-electron chi connectivity index (χ1n) is 10.6. The fraction of sp³-hybridized carbons (Fsp3) is 0.478. The molecule has 29 heavy (non-hydrogen) atoms. The second-order valence-electron chi connectivity index (χ2n) is 8.95. The number of nitrogens with zero attached hydrogens (tertiary/aromatic N) is 4. The van der Waals surface area contributed by atoms with Crippen LogP contribution in [0.15, 0.2) is 36.5 Å². The highest BCUT2D eigenvalue weighted by Gasteiger charge is 2.51. The lowest BCUT2D eigenvalue weighted by atomic mass is 9.76. The van der Waals surface area contributed by atoms with Crippen LogP contribution in [0.2, 0.25) is 0 Å². The van der Waals surface area contributed by atoms with Crippen molar-refractivity contribution >= 4 is 16.8 Å². The smallest absolute Gasteiger partial charge is 0.253 e. The third kappa shape index (κ3) is 3.11. The minimum atomic E-state index is 0.105. The monoisotopic (exact) mass is 389 g/mol. The van der Waals surface area contributed by atoms with E-state index in [4.69, 9.17) is 4.98 Å². The van der Waals surface area contributed by atoms with Gasteiger partial charge in [0.1, 0.15) is 5.82 Å². The Bertz CT molecular complexity index is 1050. The van der Waals surface area contributed by atoms with Gasteiger partial charge in [0.05, 0.1) is 5.52 Å². The number of fused-ring (bicyclic) bond motifs is 1. The van der Waals surface area contributed by atoms with Gasteiger partial charge in [0.25, 0.3) is 5.91 Å². The molecule has 0 radical (unpaired) electrons. The topological polar surface area (TPSA) is 74.8 Å². The molecule has 1 saturated carbocycles. The van der Waals surface area contributed by atoms with Crippen molar-refractivity contribution in [3.8, 4) is 0 Å². The first kappa shape index (κ1) is 18.3. The molecule has 1 amide bonds. The van der Waals surface area contributed by atoms with E-state index in [9.17, 15) is 4.79 Å². The van der Waals surface area contributed by atoms with Crippen LogP contribution in [-0.2, 0) is 0 Å². The van der Waals surface area contributed by atoms with Crippen LogP contribution in [0, 0.1) is 5.41 Å². The van der Waals surface area contributed by atoms with Crippen LogP contribution >= 0.6 is 0 Å². The fourth-order valence-corrected chi connectivity index (χ4v) is 5.18. The molecule has 5 rings (SSSR count). The number of aromatic nitrogens is 4. The second kappa shape index (κ2) is 6.94. The first-order chi connectivity index (χ1) is 14.1. The minimum absolute atomic E-state index is 0.105. The molecule has 150 valence electrons. The highest BCUT2D eigenvalue weighted by atomic mass is 16.2. The molecule has 1 aromatic carbocycles. The number of carbonyl (C=O) groups is 1. The zero-order valence-electron chi connectivity index (χ0n) is 17.1. The quantitative estimate of drug-likeness (QED) is 0.726. The number of hydrogen-bond donors (Lipinski definition) is 1. The van der Waals surface area contributed by atoms with E-state index in [1.165, 1.54) is 12.8 Å². The van der Waals surface area contributed by atoms with Gasteiger partial charge in [-0.2, -0.15) is 5.10 Å². The molecule has 1 N–H and O–H groups in total. The Morgan fingerprint density at radius 3 is 2.83 bits per heavy atom. The van der Waals surface area contributed by atoms with E-state index in [0.717, 1.165) is 47.5 Å². The van der Waals surface area contributed by atoms with Gasteiger partial charge in [-0.05, 0) is 42.5 Å². The average Bonchev–Trinajstić information content (AvgIpc) is 3.47. The van der Waals surface area contributed by atoms with E-state index in [2.05, 4.69) is 29.0 Å². The van der Waals surface area contributed by atoms with Crippen molar-refractivity contribution in [1.29, 1.82) is 0 Å². The number of rotatable bonds is 3. The molecular formula is C23H27N5O. The SMILES string of the molecule is CC(C)c1n[nH]c(C2CN(C(=O)c3ccc4ncccc4c3)CC23CCCC3)n1. The van der Waals surface area contributed by atoms with Crippen molar-refractivity contribution in [3.05, 3.63) is 53.7 Å². The van der Waals surface area contributed by atoms with Gasteiger partial charge < -0.3 is 4.90 Å². The summed E-state index contributed by atoms with van der Waals surface area (Å²) in [4.78, 5) is 24.6. The Balaban J connectivity index is 1.45. The Morgan fingerprint density at radius 2 is 2.07 bits per heavy atom.